The van der Waals surface area contributed by atoms with Crippen molar-refractivity contribution in [2.45, 2.75) is 34.1 Å². The lowest BCUT2D eigenvalue weighted by molar-refractivity contribution is 0.257. The molecule has 0 saturated heterocycles. The summed E-state index contributed by atoms with van der Waals surface area (Å²) in [7, 11) is 0. The minimum Gasteiger partial charge on any atom is -0.493 e. The van der Waals surface area contributed by atoms with E-state index in [9.17, 15) is 0 Å². The maximum atomic E-state index is 5.79. The third-order valence-corrected chi connectivity index (χ3v) is 2.49. The Balaban J connectivity index is 2.80. The van der Waals surface area contributed by atoms with Crippen molar-refractivity contribution in [1.82, 2.24) is 0 Å². The highest BCUT2D eigenvalue weighted by Crippen LogP contribution is 2.24. The van der Waals surface area contributed by atoms with Gasteiger partial charge in [-0.15, -0.1) is 6.58 Å². The summed E-state index contributed by atoms with van der Waals surface area (Å²) in [6.45, 7) is 13.8. The molecule has 0 unspecified atom stereocenters. The average molecular weight is 262 g/mol. The zero-order valence-corrected chi connectivity index (χ0v) is 12.6. The topological polar surface area (TPSA) is 18.5 Å². The second kappa shape index (κ2) is 7.88. The molecular formula is C17H26O2. The van der Waals surface area contributed by atoms with Crippen LogP contribution in [-0.4, -0.2) is 13.2 Å². The zero-order chi connectivity index (χ0) is 14.3. The van der Waals surface area contributed by atoms with Crippen molar-refractivity contribution in [2.75, 3.05) is 13.2 Å². The lowest BCUT2D eigenvalue weighted by Gasteiger charge is -2.14. The summed E-state index contributed by atoms with van der Waals surface area (Å²) in [5.74, 6) is 2.80. The van der Waals surface area contributed by atoms with Gasteiger partial charge in [0.1, 0.15) is 11.5 Å². The van der Waals surface area contributed by atoms with Crippen molar-refractivity contribution in [3.05, 3.63) is 36.4 Å². The van der Waals surface area contributed by atoms with E-state index in [1.54, 1.807) is 0 Å². The Morgan fingerprint density at radius 1 is 0.947 bits per heavy atom. The second-order valence-corrected chi connectivity index (χ2v) is 5.72. The van der Waals surface area contributed by atoms with Crippen LogP contribution in [0.5, 0.6) is 11.5 Å². The molecule has 1 aromatic carbocycles. The number of allylic oxidation sites excluding steroid dienone is 1. The third-order valence-electron chi connectivity index (χ3n) is 2.49. The minimum absolute atomic E-state index is 0.517. The van der Waals surface area contributed by atoms with Gasteiger partial charge in [0.25, 0.3) is 0 Å². The number of hydrogen-bond donors (Lipinski definition) is 0. The monoisotopic (exact) mass is 262 g/mol. The van der Waals surface area contributed by atoms with Crippen LogP contribution in [0.15, 0.2) is 30.9 Å². The number of hydrogen-bond acceptors (Lipinski definition) is 2. The van der Waals surface area contributed by atoms with E-state index < -0.39 is 0 Å². The predicted molar refractivity (Wildman–Crippen MR) is 81.0 cm³/mol. The summed E-state index contributed by atoms with van der Waals surface area (Å²) < 4.78 is 11.6. The van der Waals surface area contributed by atoms with Crippen LogP contribution < -0.4 is 9.47 Å². The van der Waals surface area contributed by atoms with E-state index in [0.717, 1.165) is 31.1 Å². The van der Waals surface area contributed by atoms with Gasteiger partial charge < -0.3 is 9.47 Å². The molecule has 0 N–H and O–H groups in total. The van der Waals surface area contributed by atoms with Crippen LogP contribution in [0.25, 0.3) is 0 Å². The van der Waals surface area contributed by atoms with Gasteiger partial charge in [0.2, 0.25) is 0 Å². The van der Waals surface area contributed by atoms with Crippen molar-refractivity contribution in [2.24, 2.45) is 11.8 Å². The summed E-state index contributed by atoms with van der Waals surface area (Å²) in [5, 5.41) is 0. The number of ether oxygens (including phenoxy) is 2. The van der Waals surface area contributed by atoms with Crippen LogP contribution in [0.4, 0.5) is 0 Å². The molecule has 0 aliphatic rings. The first-order chi connectivity index (χ1) is 9.01. The molecule has 0 radical (unpaired) electrons. The highest BCUT2D eigenvalue weighted by molar-refractivity contribution is 5.39. The smallest absolute Gasteiger partial charge is 0.123 e. The summed E-state index contributed by atoms with van der Waals surface area (Å²) in [6.07, 6.45) is 2.73. The molecule has 0 atom stereocenters. The van der Waals surface area contributed by atoms with Gasteiger partial charge in [-0.05, 0) is 36.0 Å². The first-order valence-electron chi connectivity index (χ1n) is 7.01. The van der Waals surface area contributed by atoms with Crippen LogP contribution in [-0.2, 0) is 6.42 Å². The Morgan fingerprint density at radius 3 is 1.79 bits per heavy atom. The lowest BCUT2D eigenvalue weighted by Crippen LogP contribution is -2.07. The Kier molecular flexibility index (Phi) is 6.48. The predicted octanol–water partition coefficient (Wildman–Crippen LogP) is 4.48. The molecule has 0 saturated carbocycles. The van der Waals surface area contributed by atoms with Gasteiger partial charge in [-0.25, -0.2) is 0 Å². The van der Waals surface area contributed by atoms with Gasteiger partial charge in [-0.3, -0.25) is 0 Å². The van der Waals surface area contributed by atoms with Crippen LogP contribution in [0.1, 0.15) is 33.3 Å². The molecular weight excluding hydrogens is 236 g/mol. The van der Waals surface area contributed by atoms with Gasteiger partial charge in [0.05, 0.1) is 13.2 Å². The van der Waals surface area contributed by atoms with Crippen molar-refractivity contribution in [3.63, 3.8) is 0 Å². The Bertz CT molecular complexity index is 364. The van der Waals surface area contributed by atoms with E-state index in [1.165, 1.54) is 5.56 Å². The molecule has 1 aromatic rings. The first-order valence-corrected chi connectivity index (χ1v) is 7.01. The zero-order valence-electron chi connectivity index (χ0n) is 12.6. The minimum atomic E-state index is 0.517. The van der Waals surface area contributed by atoms with Crippen LogP contribution in [0, 0.1) is 11.8 Å². The van der Waals surface area contributed by atoms with Gasteiger partial charge in [0, 0.05) is 6.07 Å². The van der Waals surface area contributed by atoms with Crippen molar-refractivity contribution in [3.8, 4) is 11.5 Å². The second-order valence-electron chi connectivity index (χ2n) is 5.72. The van der Waals surface area contributed by atoms with Crippen LogP contribution in [0.3, 0.4) is 0 Å². The molecule has 2 nitrogen and oxygen atoms in total. The molecule has 1 rings (SSSR count). The van der Waals surface area contributed by atoms with Crippen molar-refractivity contribution in [1.29, 1.82) is 0 Å². The Labute approximate surface area is 117 Å². The van der Waals surface area contributed by atoms with Crippen LogP contribution >= 0.6 is 0 Å². The molecule has 0 bridgehead atoms. The molecule has 19 heavy (non-hydrogen) atoms. The Morgan fingerprint density at radius 2 is 1.42 bits per heavy atom. The molecule has 0 spiro atoms. The van der Waals surface area contributed by atoms with E-state index in [4.69, 9.17) is 9.47 Å². The van der Waals surface area contributed by atoms with Crippen molar-refractivity contribution >= 4 is 0 Å². The summed E-state index contributed by atoms with van der Waals surface area (Å²) in [6, 6.07) is 6.09. The van der Waals surface area contributed by atoms with Gasteiger partial charge in [-0.2, -0.15) is 0 Å². The standard InChI is InChI=1S/C17H26O2/c1-6-7-15-8-16(18-11-13(2)3)10-17(9-15)19-12-14(4)5/h6,8-10,13-14H,1,7,11-12H2,2-5H3. The highest BCUT2D eigenvalue weighted by Gasteiger charge is 2.05. The fraction of sp³-hybridized carbons (Fsp3) is 0.529. The van der Waals surface area contributed by atoms with E-state index >= 15 is 0 Å². The van der Waals surface area contributed by atoms with E-state index in [0.29, 0.717) is 11.8 Å². The third kappa shape index (κ3) is 6.32. The maximum absolute atomic E-state index is 5.79. The Hall–Kier alpha value is -1.44. The van der Waals surface area contributed by atoms with Crippen molar-refractivity contribution < 1.29 is 9.47 Å². The lowest BCUT2D eigenvalue weighted by atomic mass is 10.1. The molecule has 0 heterocycles. The van der Waals surface area contributed by atoms with E-state index in [2.05, 4.69) is 46.4 Å². The summed E-state index contributed by atoms with van der Waals surface area (Å²) in [5.41, 5.74) is 1.18. The quantitative estimate of drug-likeness (QED) is 0.643. The van der Waals surface area contributed by atoms with Gasteiger partial charge >= 0.3 is 0 Å². The first kappa shape index (κ1) is 15.6. The summed E-state index contributed by atoms with van der Waals surface area (Å²) in [4.78, 5) is 0. The maximum Gasteiger partial charge on any atom is 0.123 e. The molecule has 0 aliphatic heterocycles. The molecule has 0 amide bonds. The molecule has 2 heteroatoms. The van der Waals surface area contributed by atoms with E-state index in [-0.39, 0.29) is 0 Å². The van der Waals surface area contributed by atoms with Crippen LogP contribution in [0.2, 0.25) is 0 Å². The fourth-order valence-corrected chi connectivity index (χ4v) is 1.61. The average Bonchev–Trinajstić information content (AvgIpc) is 2.34. The number of benzene rings is 1. The largest absolute Gasteiger partial charge is 0.493 e. The number of rotatable bonds is 8. The van der Waals surface area contributed by atoms with Gasteiger partial charge in [0.15, 0.2) is 0 Å². The molecule has 106 valence electrons. The molecule has 0 aliphatic carbocycles. The highest BCUT2D eigenvalue weighted by atomic mass is 16.5. The normalized spacial score (nSPS) is 10.8. The fourth-order valence-electron chi connectivity index (χ4n) is 1.61. The van der Waals surface area contributed by atoms with E-state index in [1.807, 2.05) is 12.1 Å². The molecule has 0 fully saturated rings. The summed E-state index contributed by atoms with van der Waals surface area (Å²) >= 11 is 0. The SMILES string of the molecule is C=CCc1cc(OCC(C)C)cc(OCC(C)C)c1. The van der Waals surface area contributed by atoms with Gasteiger partial charge in [-0.1, -0.05) is 33.8 Å². The molecule has 0 aromatic heterocycles.